The van der Waals surface area contributed by atoms with Crippen molar-refractivity contribution in [3.8, 4) is 6.07 Å². The van der Waals surface area contributed by atoms with Crippen LogP contribution in [0.5, 0.6) is 0 Å². The van der Waals surface area contributed by atoms with E-state index in [9.17, 15) is 0 Å². The SMILES string of the molecule is CC(C)(C)c1cnn(C2(CC#N)CNC2)c1. The molecular formula is C12H18N4. The quantitative estimate of drug-likeness (QED) is 0.816. The van der Waals surface area contributed by atoms with Gasteiger partial charge < -0.3 is 5.32 Å². The van der Waals surface area contributed by atoms with Crippen molar-refractivity contribution in [1.29, 1.82) is 5.26 Å². The molecule has 16 heavy (non-hydrogen) atoms. The summed E-state index contributed by atoms with van der Waals surface area (Å²) in [4.78, 5) is 0. The lowest BCUT2D eigenvalue weighted by Crippen LogP contribution is -2.60. The van der Waals surface area contributed by atoms with E-state index >= 15 is 0 Å². The summed E-state index contributed by atoms with van der Waals surface area (Å²) < 4.78 is 1.97. The summed E-state index contributed by atoms with van der Waals surface area (Å²) in [7, 11) is 0. The largest absolute Gasteiger partial charge is 0.312 e. The molecule has 1 fully saturated rings. The Balaban J connectivity index is 2.28. The Labute approximate surface area is 96.3 Å². The van der Waals surface area contributed by atoms with E-state index in [4.69, 9.17) is 5.26 Å². The summed E-state index contributed by atoms with van der Waals surface area (Å²) in [5, 5.41) is 16.5. The number of nitrogens with zero attached hydrogens (tertiary/aromatic N) is 3. The maximum atomic E-state index is 8.88. The van der Waals surface area contributed by atoms with E-state index in [1.807, 2.05) is 10.9 Å². The minimum absolute atomic E-state index is 0.113. The van der Waals surface area contributed by atoms with Gasteiger partial charge in [0.2, 0.25) is 0 Å². The standard InChI is InChI=1S/C12H18N4/c1-11(2,3)10-6-15-16(7-10)12(4-5-13)8-14-9-12/h6-7,14H,4,8-9H2,1-3H3. The Morgan fingerprint density at radius 3 is 2.62 bits per heavy atom. The highest BCUT2D eigenvalue weighted by atomic mass is 15.4. The molecule has 1 aliphatic heterocycles. The lowest BCUT2D eigenvalue weighted by atomic mass is 9.88. The molecular weight excluding hydrogens is 200 g/mol. The zero-order valence-electron chi connectivity index (χ0n) is 10.1. The zero-order chi connectivity index (χ0) is 11.8. The highest BCUT2D eigenvalue weighted by Gasteiger charge is 2.39. The normalized spacial score (nSPS) is 18.9. The third kappa shape index (κ3) is 1.72. The summed E-state index contributed by atoms with van der Waals surface area (Å²) in [6, 6.07) is 2.26. The van der Waals surface area contributed by atoms with Crippen LogP contribution in [0.2, 0.25) is 0 Å². The Morgan fingerprint density at radius 2 is 2.25 bits per heavy atom. The van der Waals surface area contributed by atoms with Crippen molar-refractivity contribution >= 4 is 0 Å². The summed E-state index contributed by atoms with van der Waals surface area (Å²) in [6.07, 6.45) is 4.51. The van der Waals surface area contributed by atoms with E-state index in [2.05, 4.69) is 43.5 Å². The van der Waals surface area contributed by atoms with E-state index in [1.165, 1.54) is 5.56 Å². The average molecular weight is 218 g/mol. The monoisotopic (exact) mass is 218 g/mol. The van der Waals surface area contributed by atoms with Gasteiger partial charge >= 0.3 is 0 Å². The van der Waals surface area contributed by atoms with Crippen molar-refractivity contribution in [3.63, 3.8) is 0 Å². The van der Waals surface area contributed by atoms with Crippen molar-refractivity contribution < 1.29 is 0 Å². The molecule has 4 nitrogen and oxygen atoms in total. The summed E-state index contributed by atoms with van der Waals surface area (Å²) in [5.74, 6) is 0. The van der Waals surface area contributed by atoms with Crippen LogP contribution in [0.4, 0.5) is 0 Å². The maximum Gasteiger partial charge on any atom is 0.100 e. The van der Waals surface area contributed by atoms with Gasteiger partial charge in [-0.3, -0.25) is 4.68 Å². The van der Waals surface area contributed by atoms with Gasteiger partial charge in [0.25, 0.3) is 0 Å². The van der Waals surface area contributed by atoms with Crippen LogP contribution >= 0.6 is 0 Å². The molecule has 0 saturated carbocycles. The first-order chi connectivity index (χ1) is 7.48. The van der Waals surface area contributed by atoms with Gasteiger partial charge in [0.05, 0.1) is 18.7 Å². The number of aromatic nitrogens is 2. The first kappa shape index (κ1) is 11.2. The molecule has 1 N–H and O–H groups in total. The first-order valence-electron chi connectivity index (χ1n) is 5.61. The lowest BCUT2D eigenvalue weighted by molar-refractivity contribution is 0.160. The Bertz CT molecular complexity index is 415. The second-order valence-electron chi connectivity index (χ2n) is 5.59. The predicted molar refractivity (Wildman–Crippen MR) is 62.0 cm³/mol. The van der Waals surface area contributed by atoms with Crippen molar-refractivity contribution in [2.45, 2.75) is 38.1 Å². The molecule has 1 aromatic rings. The van der Waals surface area contributed by atoms with Gasteiger partial charge in [-0.2, -0.15) is 10.4 Å². The number of rotatable bonds is 2. The molecule has 1 saturated heterocycles. The molecule has 0 atom stereocenters. The summed E-state index contributed by atoms with van der Waals surface area (Å²) >= 11 is 0. The zero-order valence-corrected chi connectivity index (χ0v) is 10.1. The molecule has 1 aliphatic rings. The first-order valence-corrected chi connectivity index (χ1v) is 5.61. The van der Waals surface area contributed by atoms with Gasteiger partial charge in [0.15, 0.2) is 0 Å². The van der Waals surface area contributed by atoms with Crippen LogP contribution < -0.4 is 5.32 Å². The molecule has 4 heteroatoms. The molecule has 0 unspecified atom stereocenters. The van der Waals surface area contributed by atoms with Gasteiger partial charge in [-0.15, -0.1) is 0 Å². The van der Waals surface area contributed by atoms with E-state index in [-0.39, 0.29) is 11.0 Å². The molecule has 0 amide bonds. The fraction of sp³-hybridized carbons (Fsp3) is 0.667. The fourth-order valence-electron chi connectivity index (χ4n) is 1.90. The molecule has 0 aliphatic carbocycles. The van der Waals surface area contributed by atoms with Crippen LogP contribution in [0.3, 0.4) is 0 Å². The topological polar surface area (TPSA) is 53.6 Å². The fourth-order valence-corrected chi connectivity index (χ4v) is 1.90. The third-order valence-corrected chi connectivity index (χ3v) is 3.25. The second kappa shape index (κ2) is 3.60. The molecule has 2 heterocycles. The molecule has 0 radical (unpaired) electrons. The highest BCUT2D eigenvalue weighted by Crippen LogP contribution is 2.28. The van der Waals surface area contributed by atoms with Gasteiger partial charge in [-0.05, 0) is 11.0 Å². The van der Waals surface area contributed by atoms with Crippen molar-refractivity contribution in [3.05, 3.63) is 18.0 Å². The molecule has 0 aromatic carbocycles. The maximum absolute atomic E-state index is 8.88. The second-order valence-corrected chi connectivity index (χ2v) is 5.59. The van der Waals surface area contributed by atoms with Crippen molar-refractivity contribution in [1.82, 2.24) is 15.1 Å². The van der Waals surface area contributed by atoms with E-state index in [0.29, 0.717) is 6.42 Å². The summed E-state index contributed by atoms with van der Waals surface area (Å²) in [6.45, 7) is 8.19. The predicted octanol–water partition coefficient (Wildman–Crippen LogP) is 1.39. The van der Waals surface area contributed by atoms with Gasteiger partial charge in [-0.25, -0.2) is 0 Å². The Morgan fingerprint density at radius 1 is 1.56 bits per heavy atom. The lowest BCUT2D eigenvalue weighted by Gasteiger charge is -2.41. The minimum atomic E-state index is -0.113. The number of hydrogen-bond donors (Lipinski definition) is 1. The highest BCUT2D eigenvalue weighted by molar-refractivity contribution is 5.18. The van der Waals surface area contributed by atoms with Crippen LogP contribution in [-0.4, -0.2) is 22.9 Å². The number of nitrogens with one attached hydrogen (secondary N) is 1. The molecule has 0 bridgehead atoms. The van der Waals surface area contributed by atoms with Crippen LogP contribution in [0, 0.1) is 11.3 Å². The van der Waals surface area contributed by atoms with Gasteiger partial charge in [0, 0.05) is 19.3 Å². The third-order valence-electron chi connectivity index (χ3n) is 3.25. The molecule has 0 spiro atoms. The van der Waals surface area contributed by atoms with E-state index in [0.717, 1.165) is 13.1 Å². The molecule has 86 valence electrons. The summed E-state index contributed by atoms with van der Waals surface area (Å²) in [5.41, 5.74) is 1.22. The molecule has 1 aromatic heterocycles. The Hall–Kier alpha value is -1.34. The smallest absolute Gasteiger partial charge is 0.100 e. The van der Waals surface area contributed by atoms with Crippen molar-refractivity contribution in [2.75, 3.05) is 13.1 Å². The van der Waals surface area contributed by atoms with Gasteiger partial charge in [-0.1, -0.05) is 20.8 Å². The van der Waals surface area contributed by atoms with Crippen LogP contribution in [-0.2, 0) is 11.0 Å². The van der Waals surface area contributed by atoms with Crippen LogP contribution in [0.25, 0.3) is 0 Å². The van der Waals surface area contributed by atoms with Crippen LogP contribution in [0.15, 0.2) is 12.4 Å². The minimum Gasteiger partial charge on any atom is -0.312 e. The van der Waals surface area contributed by atoms with Crippen molar-refractivity contribution in [2.24, 2.45) is 0 Å². The average Bonchev–Trinajstić information content (AvgIpc) is 2.59. The van der Waals surface area contributed by atoms with Gasteiger partial charge in [0.1, 0.15) is 5.54 Å². The van der Waals surface area contributed by atoms with E-state index < -0.39 is 0 Å². The number of hydrogen-bond acceptors (Lipinski definition) is 3. The Kier molecular flexibility index (Phi) is 2.51. The number of nitriles is 1. The molecule has 2 rings (SSSR count). The van der Waals surface area contributed by atoms with Crippen LogP contribution in [0.1, 0.15) is 32.8 Å². The van der Waals surface area contributed by atoms with E-state index in [1.54, 1.807) is 0 Å².